The van der Waals surface area contributed by atoms with Crippen molar-refractivity contribution in [1.29, 1.82) is 0 Å². The Morgan fingerprint density at radius 3 is 2.81 bits per heavy atom. The Bertz CT molecular complexity index is 762. The highest BCUT2D eigenvalue weighted by atomic mass is 15.3. The molecule has 0 radical (unpaired) electrons. The van der Waals surface area contributed by atoms with E-state index in [9.17, 15) is 0 Å². The van der Waals surface area contributed by atoms with Crippen molar-refractivity contribution in [3.8, 4) is 0 Å². The Morgan fingerprint density at radius 2 is 2.05 bits per heavy atom. The van der Waals surface area contributed by atoms with Gasteiger partial charge in [-0.15, -0.1) is 0 Å². The van der Waals surface area contributed by atoms with Crippen molar-refractivity contribution in [3.63, 3.8) is 0 Å². The molecule has 1 unspecified atom stereocenters. The van der Waals surface area contributed by atoms with Crippen molar-refractivity contribution in [2.24, 2.45) is 5.73 Å². The zero-order chi connectivity index (χ0) is 14.8. The number of nitrogens with zero attached hydrogens (tertiary/aromatic N) is 4. The summed E-state index contributed by atoms with van der Waals surface area (Å²) in [6, 6.07) is 9.96. The summed E-state index contributed by atoms with van der Waals surface area (Å²) in [4.78, 5) is 8.52. The van der Waals surface area contributed by atoms with Gasteiger partial charge >= 0.3 is 0 Å². The molecule has 108 valence electrons. The van der Waals surface area contributed by atoms with Crippen molar-refractivity contribution >= 4 is 10.9 Å². The van der Waals surface area contributed by atoms with Crippen LogP contribution in [0, 0.1) is 6.92 Å². The molecule has 3 rings (SSSR count). The zero-order valence-corrected chi connectivity index (χ0v) is 12.3. The van der Waals surface area contributed by atoms with Gasteiger partial charge in [0.15, 0.2) is 0 Å². The zero-order valence-electron chi connectivity index (χ0n) is 12.3. The monoisotopic (exact) mass is 281 g/mol. The molecule has 0 aliphatic rings. The first-order chi connectivity index (χ1) is 10.2. The number of hydrogen-bond acceptors (Lipinski definition) is 4. The van der Waals surface area contributed by atoms with Crippen LogP contribution in [-0.4, -0.2) is 19.7 Å². The van der Waals surface area contributed by atoms with Gasteiger partial charge in [-0.3, -0.25) is 4.68 Å². The molecule has 5 nitrogen and oxygen atoms in total. The van der Waals surface area contributed by atoms with E-state index < -0.39 is 0 Å². The fourth-order valence-electron chi connectivity index (χ4n) is 2.58. The lowest BCUT2D eigenvalue weighted by molar-refractivity contribution is 0.632. The van der Waals surface area contributed by atoms with E-state index in [1.165, 1.54) is 5.39 Å². The summed E-state index contributed by atoms with van der Waals surface area (Å²) in [7, 11) is 0. The molecular formula is C16H19N5. The van der Waals surface area contributed by atoms with Gasteiger partial charge in [-0.2, -0.15) is 5.10 Å². The summed E-state index contributed by atoms with van der Waals surface area (Å²) in [5, 5.41) is 5.86. The van der Waals surface area contributed by atoms with E-state index in [0.29, 0.717) is 6.42 Å². The van der Waals surface area contributed by atoms with Gasteiger partial charge in [-0.1, -0.05) is 18.2 Å². The Kier molecular flexibility index (Phi) is 3.66. The largest absolute Gasteiger partial charge is 0.322 e. The van der Waals surface area contributed by atoms with Gasteiger partial charge in [0.05, 0.1) is 22.9 Å². The van der Waals surface area contributed by atoms with E-state index in [0.717, 1.165) is 29.3 Å². The molecule has 0 aliphatic carbocycles. The van der Waals surface area contributed by atoms with Crippen molar-refractivity contribution in [3.05, 3.63) is 53.7 Å². The second-order valence-corrected chi connectivity index (χ2v) is 5.12. The van der Waals surface area contributed by atoms with Crippen LogP contribution < -0.4 is 5.73 Å². The highest BCUT2D eigenvalue weighted by Gasteiger charge is 2.15. The SMILES string of the molecule is CCn1nc(CC(N)c2ccnc(C)n2)c2ccccc21. The van der Waals surface area contributed by atoms with Crippen LogP contribution >= 0.6 is 0 Å². The number of para-hydroxylation sites is 1. The summed E-state index contributed by atoms with van der Waals surface area (Å²) in [5.74, 6) is 0.742. The molecule has 0 aliphatic heterocycles. The standard InChI is InChI=1S/C16H19N5/c1-3-21-16-7-5-4-6-12(16)15(20-21)10-13(17)14-8-9-18-11(2)19-14/h4-9,13H,3,10,17H2,1-2H3. The third-order valence-corrected chi connectivity index (χ3v) is 3.62. The third kappa shape index (κ3) is 2.64. The number of benzene rings is 1. The minimum absolute atomic E-state index is 0.171. The van der Waals surface area contributed by atoms with Crippen LogP contribution in [0.25, 0.3) is 10.9 Å². The summed E-state index contributed by atoms with van der Waals surface area (Å²) < 4.78 is 2.02. The van der Waals surface area contributed by atoms with Gasteiger partial charge in [-0.05, 0) is 26.0 Å². The Morgan fingerprint density at radius 1 is 1.24 bits per heavy atom. The van der Waals surface area contributed by atoms with Crippen molar-refractivity contribution in [2.75, 3.05) is 0 Å². The molecule has 2 N–H and O–H groups in total. The van der Waals surface area contributed by atoms with Crippen LogP contribution in [0.4, 0.5) is 0 Å². The number of rotatable bonds is 4. The fraction of sp³-hybridized carbons (Fsp3) is 0.312. The highest BCUT2D eigenvalue weighted by molar-refractivity contribution is 5.82. The first-order valence-electron chi connectivity index (χ1n) is 7.18. The molecule has 0 saturated carbocycles. The van der Waals surface area contributed by atoms with Crippen LogP contribution in [0.15, 0.2) is 36.5 Å². The minimum Gasteiger partial charge on any atom is -0.322 e. The summed E-state index contributed by atoms with van der Waals surface area (Å²) in [6.07, 6.45) is 2.42. The van der Waals surface area contributed by atoms with Gasteiger partial charge in [0.25, 0.3) is 0 Å². The smallest absolute Gasteiger partial charge is 0.125 e. The maximum absolute atomic E-state index is 6.30. The van der Waals surface area contributed by atoms with Crippen LogP contribution in [0.3, 0.4) is 0 Å². The molecule has 21 heavy (non-hydrogen) atoms. The lowest BCUT2D eigenvalue weighted by Gasteiger charge is -2.09. The molecular weight excluding hydrogens is 262 g/mol. The Hall–Kier alpha value is -2.27. The molecule has 0 spiro atoms. The fourth-order valence-corrected chi connectivity index (χ4v) is 2.58. The Balaban J connectivity index is 1.94. The van der Waals surface area contributed by atoms with E-state index in [4.69, 9.17) is 5.73 Å². The molecule has 3 aromatic rings. The quantitative estimate of drug-likeness (QED) is 0.797. The summed E-state index contributed by atoms with van der Waals surface area (Å²) in [6.45, 7) is 4.82. The number of hydrogen-bond donors (Lipinski definition) is 1. The molecule has 0 saturated heterocycles. The van der Waals surface area contributed by atoms with Crippen molar-refractivity contribution in [1.82, 2.24) is 19.7 Å². The summed E-state index contributed by atoms with van der Waals surface area (Å²) >= 11 is 0. The maximum Gasteiger partial charge on any atom is 0.125 e. The van der Waals surface area contributed by atoms with Crippen molar-refractivity contribution in [2.45, 2.75) is 32.9 Å². The first kappa shape index (κ1) is 13.7. The number of nitrogens with two attached hydrogens (primary N) is 1. The van der Waals surface area contributed by atoms with Crippen LogP contribution in [0.5, 0.6) is 0 Å². The number of aromatic nitrogens is 4. The van der Waals surface area contributed by atoms with Gasteiger partial charge in [-0.25, -0.2) is 9.97 Å². The lowest BCUT2D eigenvalue weighted by Crippen LogP contribution is -2.16. The maximum atomic E-state index is 6.30. The van der Waals surface area contributed by atoms with E-state index in [-0.39, 0.29) is 6.04 Å². The van der Waals surface area contributed by atoms with Crippen LogP contribution in [0.1, 0.15) is 30.2 Å². The predicted octanol–water partition coefficient (Wildman–Crippen LogP) is 2.40. The predicted molar refractivity (Wildman–Crippen MR) is 82.8 cm³/mol. The van der Waals surface area contributed by atoms with Crippen LogP contribution in [0.2, 0.25) is 0 Å². The Labute approximate surface area is 123 Å². The number of fused-ring (bicyclic) bond motifs is 1. The molecule has 0 amide bonds. The molecule has 1 atom stereocenters. The topological polar surface area (TPSA) is 69.6 Å². The highest BCUT2D eigenvalue weighted by Crippen LogP contribution is 2.22. The van der Waals surface area contributed by atoms with E-state index >= 15 is 0 Å². The second-order valence-electron chi connectivity index (χ2n) is 5.12. The first-order valence-corrected chi connectivity index (χ1v) is 7.18. The minimum atomic E-state index is -0.171. The lowest BCUT2D eigenvalue weighted by atomic mass is 10.1. The van der Waals surface area contributed by atoms with E-state index in [2.05, 4.69) is 34.1 Å². The average molecular weight is 281 g/mol. The van der Waals surface area contributed by atoms with Gasteiger partial charge in [0.2, 0.25) is 0 Å². The van der Waals surface area contributed by atoms with Gasteiger partial charge < -0.3 is 5.73 Å². The van der Waals surface area contributed by atoms with Gasteiger partial charge in [0, 0.05) is 24.5 Å². The molecule has 2 heterocycles. The molecule has 1 aromatic carbocycles. The molecule has 0 bridgehead atoms. The second kappa shape index (κ2) is 5.61. The third-order valence-electron chi connectivity index (χ3n) is 3.62. The number of aryl methyl sites for hydroxylation is 2. The molecule has 5 heteroatoms. The van der Waals surface area contributed by atoms with Crippen molar-refractivity contribution < 1.29 is 0 Å². The van der Waals surface area contributed by atoms with Crippen LogP contribution in [-0.2, 0) is 13.0 Å². The normalized spacial score (nSPS) is 12.7. The molecule has 2 aromatic heterocycles. The average Bonchev–Trinajstić information content (AvgIpc) is 2.85. The van der Waals surface area contributed by atoms with E-state index in [1.807, 2.05) is 29.8 Å². The van der Waals surface area contributed by atoms with E-state index in [1.54, 1.807) is 6.20 Å². The summed E-state index contributed by atoms with van der Waals surface area (Å²) in [5.41, 5.74) is 9.34. The van der Waals surface area contributed by atoms with Gasteiger partial charge in [0.1, 0.15) is 5.82 Å². The molecule has 0 fully saturated rings.